The number of rotatable bonds is 4. The van der Waals surface area contributed by atoms with Crippen LogP contribution < -0.4 is 0 Å². The van der Waals surface area contributed by atoms with Gasteiger partial charge in [-0.05, 0) is 42.0 Å². The highest BCUT2D eigenvalue weighted by atomic mass is 35.5. The molecule has 0 amide bonds. The molecule has 1 saturated carbocycles. The van der Waals surface area contributed by atoms with E-state index < -0.39 is 38.8 Å². The first-order valence-electron chi connectivity index (χ1n) is 7.14. The summed E-state index contributed by atoms with van der Waals surface area (Å²) in [6, 6.07) is 12.9. The van der Waals surface area contributed by atoms with Gasteiger partial charge in [0.05, 0.1) is 22.8 Å². The molecule has 3 rings (SSSR count). The predicted octanol–water partition coefficient (Wildman–Crippen LogP) is 2.92. The van der Waals surface area contributed by atoms with Crippen LogP contribution in [0.25, 0.3) is 0 Å². The second-order valence-corrected chi connectivity index (χ2v) is 8.26. The van der Waals surface area contributed by atoms with Crippen LogP contribution in [0, 0.1) is 22.6 Å². The first kappa shape index (κ1) is 16.9. The highest BCUT2D eigenvalue weighted by Crippen LogP contribution is 2.63. The third-order valence-corrected chi connectivity index (χ3v) is 6.97. The maximum absolute atomic E-state index is 13.1. The van der Waals surface area contributed by atoms with Crippen molar-refractivity contribution < 1.29 is 17.9 Å². The summed E-state index contributed by atoms with van der Waals surface area (Å²) in [6.45, 7) is -0.594. The monoisotopic (exact) mass is 365 g/mol. The van der Waals surface area contributed by atoms with Crippen molar-refractivity contribution in [2.24, 2.45) is 5.41 Å². The van der Waals surface area contributed by atoms with Gasteiger partial charge in [-0.25, -0.2) is 12.8 Å². The Kier molecular flexibility index (Phi) is 4.12. The van der Waals surface area contributed by atoms with Gasteiger partial charge >= 0.3 is 0 Å². The molecule has 0 radical (unpaired) electrons. The third-order valence-electron chi connectivity index (χ3n) is 4.43. The Morgan fingerprint density at radius 2 is 1.75 bits per heavy atom. The maximum Gasteiger partial charge on any atom is 0.183 e. The Morgan fingerprint density at radius 3 is 2.25 bits per heavy atom. The van der Waals surface area contributed by atoms with Crippen LogP contribution >= 0.6 is 11.6 Å². The van der Waals surface area contributed by atoms with Gasteiger partial charge in [0, 0.05) is 10.9 Å². The first-order chi connectivity index (χ1) is 11.4. The molecular weight excluding hydrogens is 353 g/mol. The zero-order chi connectivity index (χ0) is 17.5. The Labute approximate surface area is 144 Å². The van der Waals surface area contributed by atoms with Crippen molar-refractivity contribution in [3.63, 3.8) is 0 Å². The second kappa shape index (κ2) is 5.85. The van der Waals surface area contributed by atoms with Gasteiger partial charge in [0.25, 0.3) is 0 Å². The molecule has 0 saturated heterocycles. The lowest BCUT2D eigenvalue weighted by Crippen LogP contribution is -2.18. The van der Waals surface area contributed by atoms with Crippen molar-refractivity contribution in [2.75, 3.05) is 6.61 Å². The fourth-order valence-electron chi connectivity index (χ4n) is 3.13. The topological polar surface area (TPSA) is 78.2 Å². The van der Waals surface area contributed by atoms with E-state index in [2.05, 4.69) is 0 Å². The Balaban J connectivity index is 2.06. The van der Waals surface area contributed by atoms with Gasteiger partial charge in [-0.1, -0.05) is 23.7 Å². The van der Waals surface area contributed by atoms with Crippen LogP contribution in [0.15, 0.2) is 53.4 Å². The molecule has 1 aliphatic carbocycles. The van der Waals surface area contributed by atoms with E-state index in [0.717, 1.165) is 0 Å². The molecule has 3 atom stereocenters. The molecule has 0 bridgehead atoms. The third kappa shape index (κ3) is 2.49. The summed E-state index contributed by atoms with van der Waals surface area (Å²) in [7, 11) is -3.86. The fourth-order valence-corrected chi connectivity index (χ4v) is 5.57. The van der Waals surface area contributed by atoms with Gasteiger partial charge in [0.1, 0.15) is 11.2 Å². The zero-order valence-corrected chi connectivity index (χ0v) is 13.9. The number of benzene rings is 2. The highest BCUT2D eigenvalue weighted by Gasteiger charge is 2.72. The minimum absolute atomic E-state index is 0.0367. The number of hydrogen-bond donors (Lipinski definition) is 1. The predicted molar refractivity (Wildman–Crippen MR) is 86.7 cm³/mol. The number of aliphatic hydroxyl groups excluding tert-OH is 1. The van der Waals surface area contributed by atoms with Crippen molar-refractivity contribution in [3.05, 3.63) is 64.9 Å². The van der Waals surface area contributed by atoms with Crippen molar-refractivity contribution >= 4 is 21.4 Å². The summed E-state index contributed by atoms with van der Waals surface area (Å²) >= 11 is 5.78. The Hall–Kier alpha value is -1.94. The summed E-state index contributed by atoms with van der Waals surface area (Å²) in [5.74, 6) is -1.17. The van der Waals surface area contributed by atoms with Crippen molar-refractivity contribution in [2.45, 2.75) is 16.1 Å². The fraction of sp³-hybridized carbons (Fsp3) is 0.235. The van der Waals surface area contributed by atoms with E-state index in [1.165, 1.54) is 48.5 Å². The van der Waals surface area contributed by atoms with E-state index >= 15 is 0 Å². The molecule has 1 fully saturated rings. The standard InChI is InChI=1S/C17H13ClFNO3S/c18-12-3-7-14(8-4-12)24(22,23)16-15(17(16,9-20)10-21)11-1-5-13(19)6-2-11/h1-8,15-16,21H,10H2/t15-,16+,17+/m1/s1. The zero-order valence-electron chi connectivity index (χ0n) is 12.4. The number of halogens is 2. The molecule has 0 unspecified atom stereocenters. The second-order valence-electron chi connectivity index (χ2n) is 5.76. The molecule has 2 aromatic rings. The van der Waals surface area contributed by atoms with Crippen LogP contribution in [-0.4, -0.2) is 25.4 Å². The quantitative estimate of drug-likeness (QED) is 0.903. The van der Waals surface area contributed by atoms with Gasteiger partial charge < -0.3 is 5.11 Å². The normalized spacial score (nSPS) is 25.9. The first-order valence-corrected chi connectivity index (χ1v) is 9.06. The van der Waals surface area contributed by atoms with Crippen molar-refractivity contribution in [1.29, 1.82) is 5.26 Å². The smallest absolute Gasteiger partial charge is 0.183 e. The number of nitrogens with zero attached hydrogens (tertiary/aromatic N) is 1. The van der Waals surface area contributed by atoms with E-state index in [9.17, 15) is 23.2 Å². The van der Waals surface area contributed by atoms with E-state index in [-0.39, 0.29) is 4.90 Å². The summed E-state index contributed by atoms with van der Waals surface area (Å²) in [5, 5.41) is 18.5. The van der Waals surface area contributed by atoms with E-state index in [0.29, 0.717) is 10.6 Å². The van der Waals surface area contributed by atoms with Crippen LogP contribution in [0.1, 0.15) is 11.5 Å². The van der Waals surface area contributed by atoms with Crippen LogP contribution in [-0.2, 0) is 9.84 Å². The minimum atomic E-state index is -3.86. The van der Waals surface area contributed by atoms with Crippen molar-refractivity contribution in [1.82, 2.24) is 0 Å². The average Bonchev–Trinajstić information content (AvgIpc) is 3.26. The molecule has 0 aliphatic heterocycles. The van der Waals surface area contributed by atoms with Gasteiger partial charge in [-0.2, -0.15) is 5.26 Å². The van der Waals surface area contributed by atoms with Gasteiger partial charge in [0.2, 0.25) is 0 Å². The molecule has 4 nitrogen and oxygen atoms in total. The SMILES string of the molecule is N#C[C@]1(CO)[C@H](c2ccc(F)cc2)[C@@H]1S(=O)(=O)c1ccc(Cl)cc1. The molecule has 0 aromatic heterocycles. The molecule has 7 heteroatoms. The molecule has 1 aliphatic rings. The summed E-state index contributed by atoms with van der Waals surface area (Å²) in [6.07, 6.45) is 0. The van der Waals surface area contributed by atoms with Crippen LogP contribution in [0.3, 0.4) is 0 Å². The number of aliphatic hydroxyl groups is 1. The van der Waals surface area contributed by atoms with Crippen LogP contribution in [0.5, 0.6) is 0 Å². The molecule has 2 aromatic carbocycles. The highest BCUT2D eigenvalue weighted by molar-refractivity contribution is 7.92. The van der Waals surface area contributed by atoms with Gasteiger partial charge in [-0.3, -0.25) is 0 Å². The Morgan fingerprint density at radius 1 is 1.17 bits per heavy atom. The van der Waals surface area contributed by atoms with Crippen LogP contribution in [0.4, 0.5) is 4.39 Å². The van der Waals surface area contributed by atoms with Crippen molar-refractivity contribution in [3.8, 4) is 6.07 Å². The molecule has 0 heterocycles. The average molecular weight is 366 g/mol. The lowest BCUT2D eigenvalue weighted by Gasteiger charge is -2.06. The summed E-state index contributed by atoms with van der Waals surface area (Å²) in [4.78, 5) is 0.0367. The molecule has 0 spiro atoms. The largest absolute Gasteiger partial charge is 0.395 e. The molecular formula is C17H13ClFNO3S. The summed E-state index contributed by atoms with van der Waals surface area (Å²) in [5.41, 5.74) is -0.925. The van der Waals surface area contributed by atoms with Gasteiger partial charge in [0.15, 0.2) is 9.84 Å². The van der Waals surface area contributed by atoms with Gasteiger partial charge in [-0.15, -0.1) is 0 Å². The lowest BCUT2D eigenvalue weighted by atomic mass is 10.0. The van der Waals surface area contributed by atoms with E-state index in [1.54, 1.807) is 0 Å². The Bertz CT molecular complexity index is 906. The minimum Gasteiger partial charge on any atom is -0.395 e. The molecule has 24 heavy (non-hydrogen) atoms. The lowest BCUT2D eigenvalue weighted by molar-refractivity contribution is 0.242. The van der Waals surface area contributed by atoms with Crippen LogP contribution in [0.2, 0.25) is 5.02 Å². The van der Waals surface area contributed by atoms with E-state index in [4.69, 9.17) is 11.6 Å². The number of sulfone groups is 1. The maximum atomic E-state index is 13.1. The summed E-state index contributed by atoms with van der Waals surface area (Å²) < 4.78 is 38.9. The number of hydrogen-bond acceptors (Lipinski definition) is 4. The number of nitriles is 1. The van der Waals surface area contributed by atoms with E-state index in [1.807, 2.05) is 6.07 Å². The molecule has 1 N–H and O–H groups in total. The molecule has 124 valence electrons.